The smallest absolute Gasteiger partial charge is 0.348 e. The number of phenolic OH excluding ortho intramolecular Hbond substituents is 4. The van der Waals surface area contributed by atoms with Crippen LogP contribution in [0.15, 0.2) is 48.6 Å². The number of ether oxygens (including phenoxy) is 3. The van der Waals surface area contributed by atoms with Crippen LogP contribution in [-0.2, 0) is 38.2 Å². The number of carbonyl (C=O) groups is 5. The Morgan fingerprint density at radius 2 is 1.30 bits per heavy atom. The zero-order chi connectivity index (χ0) is 32.6. The molecule has 1 fully saturated rings. The molecule has 0 aromatic heterocycles. The minimum absolute atomic E-state index is 0.234. The van der Waals surface area contributed by atoms with Crippen molar-refractivity contribution in [1.82, 2.24) is 0 Å². The van der Waals surface area contributed by atoms with Crippen molar-refractivity contribution >= 4 is 42.0 Å². The van der Waals surface area contributed by atoms with E-state index in [1.807, 2.05) is 0 Å². The van der Waals surface area contributed by atoms with Gasteiger partial charge in [-0.25, -0.2) is 14.4 Å². The Morgan fingerprint density at radius 1 is 0.750 bits per heavy atom. The third-order valence-corrected chi connectivity index (χ3v) is 6.40. The number of carboxylic acids is 2. The van der Waals surface area contributed by atoms with Gasteiger partial charge in [-0.15, -0.1) is 0 Å². The lowest BCUT2D eigenvalue weighted by molar-refractivity contribution is -0.214. The van der Waals surface area contributed by atoms with Gasteiger partial charge in [0, 0.05) is 25.0 Å². The molecule has 234 valence electrons. The molecule has 44 heavy (non-hydrogen) atoms. The number of phenols is 4. The van der Waals surface area contributed by atoms with Crippen LogP contribution in [0.3, 0.4) is 0 Å². The number of carbonyl (C=O) groups excluding carboxylic acids is 3. The van der Waals surface area contributed by atoms with Crippen LogP contribution in [0.2, 0.25) is 0 Å². The molecule has 0 spiro atoms. The van der Waals surface area contributed by atoms with Gasteiger partial charge in [-0.05, 0) is 47.5 Å². The Morgan fingerprint density at radius 3 is 1.80 bits per heavy atom. The van der Waals surface area contributed by atoms with Crippen molar-refractivity contribution in [1.29, 1.82) is 0 Å². The molecule has 15 heteroatoms. The SMILES string of the molecule is O=C(O)CCC(=O)O[C@@H]1C[C@@](OC(=O)/C=C/c2ccc(O)c(O)c2)(C(=O)O)C[C@@H](O)[C@@H]1OC(=O)/C=C/c1ccc(O)c(O)c1. The van der Waals surface area contributed by atoms with Gasteiger partial charge in [0.25, 0.3) is 0 Å². The standard InChI is InChI=1S/C29H28O15/c30-17-5-1-15(11-19(17)32)3-8-25(38)43-27-21(34)13-29(28(40)41,14-22(27)42-24(37)10-7-23(35)36)44-26(39)9-4-16-2-6-18(31)20(33)12-16/h1-6,8-9,11-12,21-22,27,30-34H,7,10,13-14H2,(H,35,36)(H,40,41)/b8-3+,9-4+/t21-,22-,27+,29-/m1/s1. The Kier molecular flexibility index (Phi) is 10.5. The maximum Gasteiger partial charge on any atom is 0.348 e. The van der Waals surface area contributed by atoms with Crippen molar-refractivity contribution in [3.63, 3.8) is 0 Å². The molecule has 1 aliphatic rings. The van der Waals surface area contributed by atoms with Gasteiger partial charge in [-0.1, -0.05) is 12.1 Å². The van der Waals surface area contributed by atoms with Gasteiger partial charge in [0.1, 0.15) is 6.10 Å². The second-order valence-electron chi connectivity index (χ2n) is 9.68. The first-order valence-electron chi connectivity index (χ1n) is 12.9. The van der Waals surface area contributed by atoms with E-state index in [0.717, 1.165) is 42.5 Å². The lowest BCUT2D eigenvalue weighted by Crippen LogP contribution is -2.59. The van der Waals surface area contributed by atoms with Crippen LogP contribution in [0.25, 0.3) is 12.2 Å². The number of carboxylic acid groups (broad SMARTS) is 2. The molecule has 7 N–H and O–H groups in total. The summed E-state index contributed by atoms with van der Waals surface area (Å²) >= 11 is 0. The van der Waals surface area contributed by atoms with E-state index in [1.165, 1.54) is 18.2 Å². The maximum atomic E-state index is 12.6. The van der Waals surface area contributed by atoms with Crippen molar-refractivity contribution in [2.45, 2.75) is 49.6 Å². The highest BCUT2D eigenvalue weighted by Crippen LogP contribution is 2.37. The van der Waals surface area contributed by atoms with Crippen LogP contribution in [-0.4, -0.2) is 89.5 Å². The molecule has 3 rings (SSSR count). The Labute approximate surface area is 248 Å². The van der Waals surface area contributed by atoms with E-state index in [-0.39, 0.29) is 11.1 Å². The quantitative estimate of drug-likeness (QED) is 0.0816. The van der Waals surface area contributed by atoms with E-state index in [9.17, 15) is 54.6 Å². The van der Waals surface area contributed by atoms with Crippen LogP contribution in [0.5, 0.6) is 23.0 Å². The monoisotopic (exact) mass is 616 g/mol. The Bertz CT molecular complexity index is 1490. The van der Waals surface area contributed by atoms with Crippen LogP contribution >= 0.6 is 0 Å². The molecular weight excluding hydrogens is 588 g/mol. The van der Waals surface area contributed by atoms with Crippen molar-refractivity contribution < 1.29 is 73.9 Å². The fourth-order valence-electron chi connectivity index (χ4n) is 4.24. The van der Waals surface area contributed by atoms with Crippen molar-refractivity contribution in [2.24, 2.45) is 0 Å². The van der Waals surface area contributed by atoms with E-state index in [4.69, 9.17) is 19.3 Å². The predicted octanol–water partition coefficient (Wildman–Crippen LogP) is 1.45. The van der Waals surface area contributed by atoms with Gasteiger partial charge >= 0.3 is 29.8 Å². The molecule has 15 nitrogen and oxygen atoms in total. The summed E-state index contributed by atoms with van der Waals surface area (Å²) in [5.41, 5.74) is -1.98. The van der Waals surface area contributed by atoms with Gasteiger partial charge < -0.3 is 50.0 Å². The third kappa shape index (κ3) is 8.72. The van der Waals surface area contributed by atoms with E-state index in [0.29, 0.717) is 0 Å². The van der Waals surface area contributed by atoms with E-state index < -0.39 is 102 Å². The minimum Gasteiger partial charge on any atom is -0.504 e. The molecule has 4 atom stereocenters. The topological polar surface area (TPSA) is 255 Å². The first-order valence-corrected chi connectivity index (χ1v) is 12.9. The molecule has 0 amide bonds. The zero-order valence-corrected chi connectivity index (χ0v) is 22.7. The highest BCUT2D eigenvalue weighted by atomic mass is 16.6. The number of aromatic hydroxyl groups is 4. The molecule has 1 saturated carbocycles. The summed E-state index contributed by atoms with van der Waals surface area (Å²) in [6, 6.07) is 7.24. The highest BCUT2D eigenvalue weighted by Gasteiger charge is 2.56. The Balaban J connectivity index is 1.83. The molecule has 0 unspecified atom stereocenters. The van der Waals surface area contributed by atoms with Gasteiger partial charge in [-0.3, -0.25) is 9.59 Å². The molecule has 0 bridgehead atoms. The van der Waals surface area contributed by atoms with E-state index in [1.54, 1.807) is 0 Å². The number of benzene rings is 2. The molecule has 2 aromatic carbocycles. The summed E-state index contributed by atoms with van der Waals surface area (Å²) in [6.45, 7) is 0. The fourth-order valence-corrected chi connectivity index (χ4v) is 4.24. The first-order chi connectivity index (χ1) is 20.7. The van der Waals surface area contributed by atoms with Gasteiger partial charge in [-0.2, -0.15) is 0 Å². The number of aliphatic carboxylic acids is 2. The number of hydrogen-bond acceptors (Lipinski definition) is 13. The number of esters is 3. The van der Waals surface area contributed by atoms with Gasteiger partial charge in [0.05, 0.1) is 18.9 Å². The van der Waals surface area contributed by atoms with Crippen molar-refractivity contribution in [3.8, 4) is 23.0 Å². The van der Waals surface area contributed by atoms with Crippen molar-refractivity contribution in [2.75, 3.05) is 0 Å². The van der Waals surface area contributed by atoms with Crippen LogP contribution in [0, 0.1) is 0 Å². The average Bonchev–Trinajstić information content (AvgIpc) is 2.95. The number of rotatable bonds is 11. The number of aliphatic hydroxyl groups excluding tert-OH is 1. The molecular formula is C29H28O15. The largest absolute Gasteiger partial charge is 0.504 e. The predicted molar refractivity (Wildman–Crippen MR) is 146 cm³/mol. The summed E-state index contributed by atoms with van der Waals surface area (Å²) in [5, 5.41) is 67.8. The molecule has 0 saturated heterocycles. The maximum absolute atomic E-state index is 12.6. The van der Waals surface area contributed by atoms with Gasteiger partial charge in [0.2, 0.25) is 5.60 Å². The average molecular weight is 617 g/mol. The second kappa shape index (κ2) is 14.1. The first kappa shape index (κ1) is 32.9. The lowest BCUT2D eigenvalue weighted by Gasteiger charge is -2.42. The lowest BCUT2D eigenvalue weighted by atomic mass is 9.79. The summed E-state index contributed by atoms with van der Waals surface area (Å²) < 4.78 is 15.7. The van der Waals surface area contributed by atoms with Gasteiger partial charge in [0.15, 0.2) is 29.1 Å². The molecule has 0 radical (unpaired) electrons. The summed E-state index contributed by atoms with van der Waals surface area (Å²) in [5.74, 6) is -8.26. The van der Waals surface area contributed by atoms with E-state index >= 15 is 0 Å². The minimum atomic E-state index is -2.49. The third-order valence-electron chi connectivity index (χ3n) is 6.40. The summed E-state index contributed by atoms with van der Waals surface area (Å²) in [4.78, 5) is 60.8. The van der Waals surface area contributed by atoms with Crippen LogP contribution in [0.4, 0.5) is 0 Å². The fraction of sp³-hybridized carbons (Fsp3) is 0.276. The zero-order valence-electron chi connectivity index (χ0n) is 22.7. The Hall–Kier alpha value is -5.57. The number of aliphatic hydroxyl groups is 1. The summed E-state index contributed by atoms with van der Waals surface area (Å²) in [7, 11) is 0. The molecule has 1 aliphatic carbocycles. The van der Waals surface area contributed by atoms with Crippen LogP contribution in [0.1, 0.15) is 36.8 Å². The normalized spacial score (nSPS) is 21.5. The highest BCUT2D eigenvalue weighted by molar-refractivity contribution is 5.91. The summed E-state index contributed by atoms with van der Waals surface area (Å²) in [6.07, 6.45) is -4.11. The van der Waals surface area contributed by atoms with Crippen molar-refractivity contribution in [3.05, 3.63) is 59.7 Å². The van der Waals surface area contributed by atoms with Crippen LogP contribution < -0.4 is 0 Å². The molecule has 2 aromatic rings. The molecule has 0 heterocycles. The van der Waals surface area contributed by atoms with E-state index in [2.05, 4.69) is 0 Å². The second-order valence-corrected chi connectivity index (χ2v) is 9.68. The molecule has 0 aliphatic heterocycles. The number of hydrogen-bond donors (Lipinski definition) is 7.